The standard InChI is InChI=1S/C32H40N6O10/c33-21(17-27(41)42)31(46)38-14-4-7-25(38)30(45)35-22(12-13-26(34)40)28(43)36-23(15-18-5-2-1-3-6-18)29(44)37-24(32(47)48)16-19-8-10-20(39)11-9-19/h1-3,5-6,8-11,21-25,39H,4,7,12-17,33H2,(H2,34,40)(H,35,45)(H,36,43)(H,37,44)(H,41,42)(H,47,48)/t21-,22-,23-,24-,25-/m0/s1. The average molecular weight is 669 g/mol. The van der Waals surface area contributed by atoms with Crippen LogP contribution in [-0.4, -0.2) is 98.4 Å². The first-order chi connectivity index (χ1) is 22.7. The molecule has 2 aromatic rings. The van der Waals surface area contributed by atoms with Crippen LogP contribution in [0.3, 0.4) is 0 Å². The number of nitrogens with two attached hydrogens (primary N) is 2. The van der Waals surface area contributed by atoms with Gasteiger partial charge in [0.15, 0.2) is 0 Å². The van der Waals surface area contributed by atoms with Gasteiger partial charge in [-0.25, -0.2) is 4.79 Å². The van der Waals surface area contributed by atoms with Crippen LogP contribution in [-0.2, 0) is 46.4 Å². The highest BCUT2D eigenvalue weighted by Gasteiger charge is 2.38. The van der Waals surface area contributed by atoms with Gasteiger partial charge in [0.05, 0.1) is 12.5 Å². The van der Waals surface area contributed by atoms with Crippen molar-refractivity contribution in [2.24, 2.45) is 11.5 Å². The number of hydrogen-bond acceptors (Lipinski definition) is 9. The summed E-state index contributed by atoms with van der Waals surface area (Å²) in [6.07, 6.45) is -0.795. The summed E-state index contributed by atoms with van der Waals surface area (Å²) in [6.45, 7) is 0.136. The molecule has 2 aromatic carbocycles. The highest BCUT2D eigenvalue weighted by atomic mass is 16.4. The van der Waals surface area contributed by atoms with Crippen molar-refractivity contribution in [2.75, 3.05) is 6.54 Å². The molecule has 1 aliphatic rings. The zero-order chi connectivity index (χ0) is 35.4. The van der Waals surface area contributed by atoms with Gasteiger partial charge in [-0.05, 0) is 42.5 Å². The van der Waals surface area contributed by atoms with Crippen LogP contribution in [0.5, 0.6) is 5.75 Å². The first-order valence-electron chi connectivity index (χ1n) is 15.3. The number of benzene rings is 2. The first kappa shape index (κ1) is 37.0. The Bertz CT molecular complexity index is 1490. The number of likely N-dealkylation sites (tertiary alicyclic amines) is 1. The molecule has 0 radical (unpaired) electrons. The molecule has 0 aromatic heterocycles. The number of nitrogens with one attached hydrogen (secondary N) is 3. The molecule has 16 heteroatoms. The molecule has 16 nitrogen and oxygen atoms in total. The molecule has 0 unspecified atom stereocenters. The number of phenolic OH excluding ortho intramolecular Hbond substituents is 1. The van der Waals surface area contributed by atoms with Gasteiger partial charge < -0.3 is 47.6 Å². The van der Waals surface area contributed by atoms with Crippen LogP contribution in [0.2, 0.25) is 0 Å². The van der Waals surface area contributed by atoms with Crippen molar-refractivity contribution < 1.29 is 48.9 Å². The predicted octanol–water partition coefficient (Wildman–Crippen LogP) is -1.23. The lowest BCUT2D eigenvalue weighted by Gasteiger charge is -2.29. The number of hydrogen-bond donors (Lipinski definition) is 8. The Labute approximate surface area is 275 Å². The number of carbonyl (C=O) groups excluding carboxylic acids is 5. The van der Waals surface area contributed by atoms with E-state index in [9.17, 15) is 43.8 Å². The highest BCUT2D eigenvalue weighted by molar-refractivity contribution is 5.96. The number of amides is 5. The van der Waals surface area contributed by atoms with Crippen molar-refractivity contribution in [3.05, 3.63) is 65.7 Å². The minimum absolute atomic E-state index is 0.0210. The molecule has 0 spiro atoms. The van der Waals surface area contributed by atoms with E-state index in [0.717, 1.165) is 4.90 Å². The quantitative estimate of drug-likeness (QED) is 0.0989. The van der Waals surface area contributed by atoms with Crippen LogP contribution in [0.1, 0.15) is 43.2 Å². The Balaban J connectivity index is 1.81. The SMILES string of the molecule is NC(=O)CC[C@H](NC(=O)[C@@H]1CCCN1C(=O)[C@@H](N)CC(=O)O)C(=O)N[C@@H](Cc1ccccc1)C(=O)N[C@@H](Cc1ccc(O)cc1)C(=O)O. The number of carbonyl (C=O) groups is 7. The Kier molecular flexibility index (Phi) is 13.4. The second kappa shape index (κ2) is 17.4. The van der Waals surface area contributed by atoms with Crippen LogP contribution in [0.4, 0.5) is 0 Å². The predicted molar refractivity (Wildman–Crippen MR) is 169 cm³/mol. The van der Waals surface area contributed by atoms with Crippen molar-refractivity contribution in [1.82, 2.24) is 20.9 Å². The van der Waals surface area contributed by atoms with E-state index in [-0.39, 0.29) is 44.4 Å². The minimum Gasteiger partial charge on any atom is -0.508 e. The fraction of sp³-hybridized carbons (Fsp3) is 0.406. The van der Waals surface area contributed by atoms with Crippen molar-refractivity contribution in [3.63, 3.8) is 0 Å². The summed E-state index contributed by atoms with van der Waals surface area (Å²) in [6, 6.07) is 7.76. The van der Waals surface area contributed by atoms with Crippen LogP contribution in [0.25, 0.3) is 0 Å². The Morgan fingerprint density at radius 2 is 1.40 bits per heavy atom. The van der Waals surface area contributed by atoms with E-state index in [1.165, 1.54) is 24.3 Å². The summed E-state index contributed by atoms with van der Waals surface area (Å²) in [5.41, 5.74) is 12.2. The number of carboxylic acid groups (broad SMARTS) is 2. The largest absolute Gasteiger partial charge is 0.508 e. The summed E-state index contributed by atoms with van der Waals surface area (Å²) < 4.78 is 0. The molecule has 10 N–H and O–H groups in total. The molecular weight excluding hydrogens is 628 g/mol. The van der Waals surface area contributed by atoms with Gasteiger partial charge >= 0.3 is 11.9 Å². The van der Waals surface area contributed by atoms with Crippen molar-refractivity contribution >= 4 is 41.5 Å². The molecule has 3 rings (SSSR count). The molecule has 48 heavy (non-hydrogen) atoms. The lowest BCUT2D eigenvalue weighted by molar-refractivity contribution is -0.144. The highest BCUT2D eigenvalue weighted by Crippen LogP contribution is 2.20. The van der Waals surface area contributed by atoms with Crippen LogP contribution < -0.4 is 27.4 Å². The second-order valence-corrected chi connectivity index (χ2v) is 11.5. The summed E-state index contributed by atoms with van der Waals surface area (Å²) >= 11 is 0. The molecule has 0 bridgehead atoms. The second-order valence-electron chi connectivity index (χ2n) is 11.5. The normalized spacial score (nSPS) is 16.5. The van der Waals surface area contributed by atoms with Gasteiger partial charge in [-0.1, -0.05) is 42.5 Å². The number of carboxylic acids is 2. The minimum atomic E-state index is -1.40. The average Bonchev–Trinajstić information content (AvgIpc) is 3.53. The summed E-state index contributed by atoms with van der Waals surface area (Å²) in [4.78, 5) is 89.3. The third-order valence-corrected chi connectivity index (χ3v) is 7.77. The van der Waals surface area contributed by atoms with Crippen molar-refractivity contribution in [3.8, 4) is 5.75 Å². The zero-order valence-electron chi connectivity index (χ0n) is 26.0. The summed E-state index contributed by atoms with van der Waals surface area (Å²) in [5, 5.41) is 35.9. The number of primary amides is 1. The number of aromatic hydroxyl groups is 1. The van der Waals surface area contributed by atoms with Crippen molar-refractivity contribution in [1.29, 1.82) is 0 Å². The lowest BCUT2D eigenvalue weighted by Crippen LogP contribution is -2.58. The smallest absolute Gasteiger partial charge is 0.326 e. The fourth-order valence-corrected chi connectivity index (χ4v) is 5.29. The lowest BCUT2D eigenvalue weighted by atomic mass is 10.0. The van der Waals surface area contributed by atoms with Gasteiger partial charge in [0, 0.05) is 25.8 Å². The van der Waals surface area contributed by atoms with Gasteiger partial charge in [-0.15, -0.1) is 0 Å². The Morgan fingerprint density at radius 1 is 0.812 bits per heavy atom. The maximum absolute atomic E-state index is 13.6. The number of nitrogens with zero attached hydrogens (tertiary/aromatic N) is 1. The Hall–Kier alpha value is -5.51. The third kappa shape index (κ3) is 11.1. The monoisotopic (exact) mass is 668 g/mol. The fourth-order valence-electron chi connectivity index (χ4n) is 5.29. The summed E-state index contributed by atoms with van der Waals surface area (Å²) in [5.74, 6) is -6.62. The number of rotatable bonds is 17. The number of aliphatic carboxylic acids is 2. The molecule has 5 amide bonds. The van der Waals surface area contributed by atoms with Gasteiger partial charge in [0.2, 0.25) is 29.5 Å². The van der Waals surface area contributed by atoms with Crippen LogP contribution >= 0.6 is 0 Å². The zero-order valence-corrected chi connectivity index (χ0v) is 26.0. The van der Waals surface area contributed by atoms with E-state index < -0.39 is 78.1 Å². The van der Waals surface area contributed by atoms with E-state index in [0.29, 0.717) is 17.5 Å². The molecular formula is C32H40N6O10. The van der Waals surface area contributed by atoms with Crippen LogP contribution in [0.15, 0.2) is 54.6 Å². The maximum atomic E-state index is 13.6. The molecule has 0 saturated carbocycles. The van der Waals surface area contributed by atoms with Gasteiger partial charge in [-0.3, -0.25) is 28.8 Å². The topological polar surface area (TPSA) is 272 Å². The van der Waals surface area contributed by atoms with Gasteiger partial charge in [0.25, 0.3) is 0 Å². The van der Waals surface area contributed by atoms with E-state index in [1.54, 1.807) is 30.3 Å². The van der Waals surface area contributed by atoms with E-state index in [1.807, 2.05) is 0 Å². The van der Waals surface area contributed by atoms with Gasteiger partial charge in [-0.2, -0.15) is 0 Å². The molecule has 1 aliphatic heterocycles. The van der Waals surface area contributed by atoms with Gasteiger partial charge in [0.1, 0.15) is 29.9 Å². The molecule has 0 aliphatic carbocycles. The summed E-state index contributed by atoms with van der Waals surface area (Å²) in [7, 11) is 0. The van der Waals surface area contributed by atoms with E-state index >= 15 is 0 Å². The molecule has 5 atom stereocenters. The first-order valence-corrected chi connectivity index (χ1v) is 15.3. The third-order valence-electron chi connectivity index (χ3n) is 7.77. The van der Waals surface area contributed by atoms with Crippen LogP contribution in [0, 0.1) is 0 Å². The van der Waals surface area contributed by atoms with E-state index in [2.05, 4.69) is 16.0 Å². The molecule has 1 saturated heterocycles. The Morgan fingerprint density at radius 3 is 2.00 bits per heavy atom. The molecule has 258 valence electrons. The van der Waals surface area contributed by atoms with E-state index in [4.69, 9.17) is 16.6 Å². The molecule has 1 fully saturated rings. The molecule has 1 heterocycles. The maximum Gasteiger partial charge on any atom is 0.326 e. The van der Waals surface area contributed by atoms with Crippen molar-refractivity contribution in [2.45, 2.75) is 75.2 Å². The number of phenols is 1.